The molecule has 1 fully saturated rings. The van der Waals surface area contributed by atoms with E-state index in [4.69, 9.17) is 0 Å². The minimum Gasteiger partial charge on any atom is -0.317 e. The third-order valence-corrected chi connectivity index (χ3v) is 6.79. The van der Waals surface area contributed by atoms with Crippen molar-refractivity contribution in [2.75, 3.05) is 24.7 Å². The summed E-state index contributed by atoms with van der Waals surface area (Å²) < 4.78 is 22.9. The molecule has 0 aliphatic carbocycles. The Kier molecular flexibility index (Phi) is 5.76. The number of rotatable bonds is 3. The van der Waals surface area contributed by atoms with E-state index >= 15 is 0 Å². The largest absolute Gasteiger partial charge is 0.317 e. The monoisotopic (exact) mass is 353 g/mol. The number of aromatic nitrogens is 1. The van der Waals surface area contributed by atoms with Crippen molar-refractivity contribution in [3.63, 3.8) is 0 Å². The van der Waals surface area contributed by atoms with Gasteiger partial charge in [-0.3, -0.25) is 4.79 Å². The van der Waals surface area contributed by atoms with Gasteiger partial charge < -0.3 is 10.6 Å². The van der Waals surface area contributed by atoms with Gasteiger partial charge in [-0.1, -0.05) is 0 Å². The van der Waals surface area contributed by atoms with E-state index < -0.39 is 20.5 Å². The van der Waals surface area contributed by atoms with E-state index in [1.54, 1.807) is 0 Å². The first kappa shape index (κ1) is 18.3. The van der Waals surface area contributed by atoms with E-state index in [1.807, 2.05) is 13.8 Å². The quantitative estimate of drug-likeness (QED) is 0.854. The molecule has 2 N–H and O–H groups in total. The smallest absolute Gasteiger partial charge is 0.247 e. The van der Waals surface area contributed by atoms with Gasteiger partial charge in [0, 0.05) is 11.1 Å². The highest BCUT2D eigenvalue weighted by atomic mass is 35.5. The zero-order chi connectivity index (χ0) is 15.0. The van der Waals surface area contributed by atoms with Crippen molar-refractivity contribution in [1.29, 1.82) is 0 Å². The standard InChI is InChI=1S/C12H19N3O3S2.ClH/c1-8-9(2)19-11(14-8)15-10(16)12(20(3,17)18)4-6-13-7-5-12;/h13H,4-7H2,1-3H3,(H,14,15,16);1H. The molecule has 120 valence electrons. The number of carbonyl (C=O) groups is 1. The van der Waals surface area contributed by atoms with Crippen molar-refractivity contribution in [1.82, 2.24) is 10.3 Å². The second kappa shape index (κ2) is 6.60. The lowest BCUT2D eigenvalue weighted by atomic mass is 9.96. The lowest BCUT2D eigenvalue weighted by Crippen LogP contribution is -2.55. The first-order valence-electron chi connectivity index (χ1n) is 6.42. The third-order valence-electron chi connectivity index (χ3n) is 3.78. The number of hydrogen-bond donors (Lipinski definition) is 2. The zero-order valence-corrected chi connectivity index (χ0v) is 14.7. The van der Waals surface area contributed by atoms with Crippen LogP contribution in [-0.2, 0) is 14.6 Å². The number of piperidine rings is 1. The number of amides is 1. The van der Waals surface area contributed by atoms with Crippen molar-refractivity contribution in [2.24, 2.45) is 0 Å². The van der Waals surface area contributed by atoms with Crippen LogP contribution in [0.1, 0.15) is 23.4 Å². The number of aryl methyl sites for hydroxylation is 2. The molecule has 0 atom stereocenters. The number of thiazole rings is 1. The van der Waals surface area contributed by atoms with Gasteiger partial charge in [0.25, 0.3) is 0 Å². The maximum atomic E-state index is 12.5. The molecule has 0 spiro atoms. The predicted molar refractivity (Wildman–Crippen MR) is 87.1 cm³/mol. The highest BCUT2D eigenvalue weighted by molar-refractivity contribution is 7.92. The molecule has 0 aromatic carbocycles. The Bertz CT molecular complexity index is 602. The summed E-state index contributed by atoms with van der Waals surface area (Å²) in [5.41, 5.74) is 0.851. The maximum absolute atomic E-state index is 12.5. The molecule has 21 heavy (non-hydrogen) atoms. The highest BCUT2D eigenvalue weighted by Gasteiger charge is 2.48. The topological polar surface area (TPSA) is 88.2 Å². The molecule has 0 radical (unpaired) electrons. The summed E-state index contributed by atoms with van der Waals surface area (Å²) in [5, 5.41) is 6.23. The second-order valence-corrected chi connectivity index (χ2v) is 8.66. The molecule has 1 saturated heterocycles. The Morgan fingerprint density at radius 1 is 1.33 bits per heavy atom. The van der Waals surface area contributed by atoms with Crippen LogP contribution < -0.4 is 10.6 Å². The number of nitrogens with zero attached hydrogens (tertiary/aromatic N) is 1. The fraction of sp³-hybridized carbons (Fsp3) is 0.667. The predicted octanol–water partition coefficient (Wildman–Crippen LogP) is 1.29. The van der Waals surface area contributed by atoms with Crippen molar-refractivity contribution < 1.29 is 13.2 Å². The summed E-state index contributed by atoms with van der Waals surface area (Å²) in [6.07, 6.45) is 1.72. The van der Waals surface area contributed by atoms with Crippen LogP contribution in [0.3, 0.4) is 0 Å². The molecular weight excluding hydrogens is 334 g/mol. The Morgan fingerprint density at radius 3 is 2.33 bits per heavy atom. The van der Waals surface area contributed by atoms with Crippen LogP contribution in [-0.4, -0.2) is 43.4 Å². The van der Waals surface area contributed by atoms with E-state index in [0.717, 1.165) is 16.8 Å². The normalized spacial score (nSPS) is 17.9. The average molecular weight is 354 g/mol. The Morgan fingerprint density at radius 2 is 1.90 bits per heavy atom. The number of hydrogen-bond acceptors (Lipinski definition) is 6. The average Bonchev–Trinajstić information content (AvgIpc) is 2.67. The van der Waals surface area contributed by atoms with Crippen LogP contribution in [0.25, 0.3) is 0 Å². The van der Waals surface area contributed by atoms with Gasteiger partial charge in [0.1, 0.15) is 0 Å². The zero-order valence-electron chi connectivity index (χ0n) is 12.2. The molecule has 0 unspecified atom stereocenters. The van der Waals surface area contributed by atoms with Gasteiger partial charge in [0.2, 0.25) is 5.91 Å². The fourth-order valence-electron chi connectivity index (χ4n) is 2.33. The van der Waals surface area contributed by atoms with E-state index in [-0.39, 0.29) is 12.4 Å². The number of anilines is 1. The number of carbonyl (C=O) groups excluding carboxylic acids is 1. The molecule has 1 aromatic rings. The van der Waals surface area contributed by atoms with Crippen LogP contribution >= 0.6 is 23.7 Å². The maximum Gasteiger partial charge on any atom is 0.247 e. The van der Waals surface area contributed by atoms with Crippen LogP contribution in [0.2, 0.25) is 0 Å². The fourth-order valence-corrected chi connectivity index (χ4v) is 4.48. The molecular formula is C12H20ClN3O3S2. The first-order chi connectivity index (χ1) is 9.26. The van der Waals surface area contributed by atoms with Gasteiger partial charge in [0.05, 0.1) is 5.69 Å². The molecule has 1 amide bonds. The van der Waals surface area contributed by atoms with Gasteiger partial charge in [-0.15, -0.1) is 23.7 Å². The second-order valence-electron chi connectivity index (χ2n) is 5.13. The molecule has 6 nitrogen and oxygen atoms in total. The molecule has 1 aliphatic heterocycles. The minimum atomic E-state index is -3.49. The van der Waals surface area contributed by atoms with Crippen molar-refractivity contribution >= 4 is 44.6 Å². The van der Waals surface area contributed by atoms with Gasteiger partial charge in [-0.2, -0.15) is 0 Å². The van der Waals surface area contributed by atoms with Gasteiger partial charge in [0.15, 0.2) is 19.7 Å². The minimum absolute atomic E-state index is 0. The summed E-state index contributed by atoms with van der Waals surface area (Å²) in [4.78, 5) is 17.8. The molecule has 1 aliphatic rings. The van der Waals surface area contributed by atoms with Crippen molar-refractivity contribution in [3.05, 3.63) is 10.6 Å². The third kappa shape index (κ3) is 3.56. The van der Waals surface area contributed by atoms with E-state index in [2.05, 4.69) is 15.6 Å². The number of halogens is 1. The summed E-state index contributed by atoms with van der Waals surface area (Å²) >= 11 is 1.36. The molecule has 0 bridgehead atoms. The lowest BCUT2D eigenvalue weighted by Gasteiger charge is -2.33. The lowest BCUT2D eigenvalue weighted by molar-refractivity contribution is -0.119. The van der Waals surface area contributed by atoms with Crippen molar-refractivity contribution in [3.8, 4) is 0 Å². The molecule has 2 heterocycles. The van der Waals surface area contributed by atoms with Gasteiger partial charge in [-0.25, -0.2) is 13.4 Å². The Labute approximate surface area is 135 Å². The first-order valence-corrected chi connectivity index (χ1v) is 9.13. The number of sulfone groups is 1. The van der Waals surface area contributed by atoms with E-state index in [9.17, 15) is 13.2 Å². The van der Waals surface area contributed by atoms with Crippen LogP contribution in [0.4, 0.5) is 5.13 Å². The van der Waals surface area contributed by atoms with Gasteiger partial charge in [-0.05, 0) is 39.8 Å². The van der Waals surface area contributed by atoms with Crippen LogP contribution in [0, 0.1) is 13.8 Å². The molecule has 2 rings (SSSR count). The van der Waals surface area contributed by atoms with Crippen molar-refractivity contribution in [2.45, 2.75) is 31.4 Å². The highest BCUT2D eigenvalue weighted by Crippen LogP contribution is 2.30. The van der Waals surface area contributed by atoms with Gasteiger partial charge >= 0.3 is 0 Å². The summed E-state index contributed by atoms with van der Waals surface area (Å²) in [5.74, 6) is -0.463. The SMILES string of the molecule is Cc1nc(NC(=O)C2(S(C)(=O)=O)CCNCC2)sc1C.Cl. The van der Waals surface area contributed by atoms with Crippen LogP contribution in [0.15, 0.2) is 0 Å². The summed E-state index contributed by atoms with van der Waals surface area (Å²) in [7, 11) is -3.49. The van der Waals surface area contributed by atoms with E-state index in [1.165, 1.54) is 11.3 Å². The Hall–Kier alpha value is -0.700. The van der Waals surface area contributed by atoms with E-state index in [0.29, 0.717) is 31.1 Å². The van der Waals surface area contributed by atoms with Crippen LogP contribution in [0.5, 0.6) is 0 Å². The summed E-state index contributed by atoms with van der Waals surface area (Å²) in [6, 6.07) is 0. The number of nitrogens with one attached hydrogen (secondary N) is 2. The molecule has 9 heteroatoms. The Balaban J connectivity index is 0.00000220. The molecule has 1 aromatic heterocycles. The molecule has 0 saturated carbocycles. The summed E-state index contributed by atoms with van der Waals surface area (Å²) in [6.45, 7) is 4.82.